The number of aromatic amines is 1. The number of H-pyrrole nitrogens is 1. The Bertz CT molecular complexity index is 659. The lowest BCUT2D eigenvalue weighted by atomic mass is 10.0. The predicted molar refractivity (Wildman–Crippen MR) is 84.9 cm³/mol. The number of fused-ring (bicyclic) bond motifs is 3. The summed E-state index contributed by atoms with van der Waals surface area (Å²) in [5.41, 5.74) is 9.73. The highest BCUT2D eigenvalue weighted by Crippen LogP contribution is 2.27. The molecule has 1 amide bonds. The number of hydrogen-bond donors (Lipinski definition) is 2. The van der Waals surface area contributed by atoms with Crippen LogP contribution in [0.3, 0.4) is 0 Å². The van der Waals surface area contributed by atoms with E-state index in [4.69, 9.17) is 5.73 Å². The van der Waals surface area contributed by atoms with E-state index in [1.165, 1.54) is 16.6 Å². The molecule has 0 spiro atoms. The van der Waals surface area contributed by atoms with Crippen molar-refractivity contribution >= 4 is 16.8 Å². The van der Waals surface area contributed by atoms with E-state index in [2.05, 4.69) is 31.0 Å². The van der Waals surface area contributed by atoms with Gasteiger partial charge in [0.25, 0.3) is 0 Å². The fourth-order valence-corrected chi connectivity index (χ4v) is 3.20. The van der Waals surface area contributed by atoms with Gasteiger partial charge >= 0.3 is 0 Å². The summed E-state index contributed by atoms with van der Waals surface area (Å²) in [5.74, 6) is 0.525. The number of para-hydroxylation sites is 1. The average Bonchev–Trinajstić information content (AvgIpc) is 2.83. The minimum absolute atomic E-state index is 0.0830. The first kappa shape index (κ1) is 14.1. The van der Waals surface area contributed by atoms with Crippen molar-refractivity contribution in [3.8, 4) is 0 Å². The lowest BCUT2D eigenvalue weighted by Crippen LogP contribution is -2.46. The van der Waals surface area contributed by atoms with Crippen molar-refractivity contribution in [1.82, 2.24) is 9.88 Å². The SMILES string of the molecule is CC(C)CC(N)C(=O)N1CCc2[nH]c3ccccc3c2C1. The largest absolute Gasteiger partial charge is 0.358 e. The normalized spacial score (nSPS) is 16.3. The lowest BCUT2D eigenvalue weighted by Gasteiger charge is -2.30. The molecule has 4 nitrogen and oxygen atoms in total. The van der Waals surface area contributed by atoms with Crippen LogP contribution in [-0.4, -0.2) is 28.4 Å². The van der Waals surface area contributed by atoms with Gasteiger partial charge in [0.2, 0.25) is 5.91 Å². The zero-order valence-corrected chi connectivity index (χ0v) is 12.7. The van der Waals surface area contributed by atoms with E-state index in [-0.39, 0.29) is 11.9 Å². The first-order chi connectivity index (χ1) is 10.1. The Hall–Kier alpha value is -1.81. The highest BCUT2D eigenvalue weighted by Gasteiger charge is 2.27. The van der Waals surface area contributed by atoms with Crippen LogP contribution in [0.25, 0.3) is 10.9 Å². The first-order valence-electron chi connectivity index (χ1n) is 7.69. The average molecular weight is 285 g/mol. The zero-order chi connectivity index (χ0) is 15.0. The maximum atomic E-state index is 12.5. The van der Waals surface area contributed by atoms with E-state index in [1.54, 1.807) is 0 Å². The number of nitrogens with one attached hydrogen (secondary N) is 1. The Balaban J connectivity index is 1.82. The summed E-state index contributed by atoms with van der Waals surface area (Å²) in [6.07, 6.45) is 1.63. The van der Waals surface area contributed by atoms with Gasteiger partial charge < -0.3 is 15.6 Å². The third kappa shape index (κ3) is 2.68. The maximum absolute atomic E-state index is 12.5. The summed E-state index contributed by atoms with van der Waals surface area (Å²) < 4.78 is 0. The maximum Gasteiger partial charge on any atom is 0.239 e. The molecule has 1 aromatic heterocycles. The van der Waals surface area contributed by atoms with Gasteiger partial charge in [-0.15, -0.1) is 0 Å². The monoisotopic (exact) mass is 285 g/mol. The van der Waals surface area contributed by atoms with Gasteiger partial charge in [0.1, 0.15) is 0 Å². The summed E-state index contributed by atoms with van der Waals surface area (Å²) in [6, 6.07) is 7.90. The Morgan fingerprint density at radius 3 is 2.90 bits per heavy atom. The quantitative estimate of drug-likeness (QED) is 0.909. The van der Waals surface area contributed by atoms with Crippen LogP contribution in [0.2, 0.25) is 0 Å². The topological polar surface area (TPSA) is 62.1 Å². The molecule has 4 heteroatoms. The molecule has 112 valence electrons. The van der Waals surface area contributed by atoms with Crippen molar-refractivity contribution in [3.63, 3.8) is 0 Å². The van der Waals surface area contributed by atoms with Gasteiger partial charge in [-0.05, 0) is 18.4 Å². The van der Waals surface area contributed by atoms with Crippen molar-refractivity contribution in [2.45, 2.75) is 39.3 Å². The molecule has 1 aliphatic heterocycles. The van der Waals surface area contributed by atoms with Crippen LogP contribution in [0, 0.1) is 5.92 Å². The van der Waals surface area contributed by atoms with Crippen LogP contribution in [0.15, 0.2) is 24.3 Å². The Morgan fingerprint density at radius 2 is 2.14 bits per heavy atom. The molecule has 0 saturated carbocycles. The molecule has 1 atom stereocenters. The van der Waals surface area contributed by atoms with Gasteiger partial charge in [-0.1, -0.05) is 32.0 Å². The van der Waals surface area contributed by atoms with E-state index in [9.17, 15) is 4.79 Å². The molecule has 0 fully saturated rings. The number of hydrogen-bond acceptors (Lipinski definition) is 2. The second-order valence-corrected chi connectivity index (χ2v) is 6.37. The molecular weight excluding hydrogens is 262 g/mol. The molecule has 0 aliphatic carbocycles. The second kappa shape index (κ2) is 5.53. The third-order valence-electron chi connectivity index (χ3n) is 4.24. The minimum Gasteiger partial charge on any atom is -0.358 e. The van der Waals surface area contributed by atoms with E-state index < -0.39 is 0 Å². The molecule has 1 aromatic carbocycles. The van der Waals surface area contributed by atoms with Crippen molar-refractivity contribution in [1.29, 1.82) is 0 Å². The van der Waals surface area contributed by atoms with E-state index in [1.807, 2.05) is 17.0 Å². The molecular formula is C17H23N3O. The highest BCUT2D eigenvalue weighted by molar-refractivity contribution is 5.87. The van der Waals surface area contributed by atoms with Crippen LogP contribution in [0.1, 0.15) is 31.5 Å². The second-order valence-electron chi connectivity index (χ2n) is 6.37. The number of carbonyl (C=O) groups excluding carboxylic acids is 1. The van der Waals surface area contributed by atoms with Crippen molar-refractivity contribution < 1.29 is 4.79 Å². The Kier molecular flexibility index (Phi) is 3.72. The molecule has 0 bridgehead atoms. The van der Waals surface area contributed by atoms with Gasteiger partial charge in [-0.2, -0.15) is 0 Å². The Labute approximate surface area is 125 Å². The van der Waals surface area contributed by atoms with Crippen molar-refractivity contribution in [2.24, 2.45) is 11.7 Å². The van der Waals surface area contributed by atoms with Crippen molar-refractivity contribution in [2.75, 3.05) is 6.54 Å². The predicted octanol–water partition coefficient (Wildman–Crippen LogP) is 2.43. The first-order valence-corrected chi connectivity index (χ1v) is 7.69. The summed E-state index contributed by atoms with van der Waals surface area (Å²) in [7, 11) is 0. The third-order valence-corrected chi connectivity index (χ3v) is 4.24. The number of amides is 1. The molecule has 2 aromatic rings. The number of nitrogens with two attached hydrogens (primary N) is 1. The number of benzene rings is 1. The highest BCUT2D eigenvalue weighted by atomic mass is 16.2. The zero-order valence-electron chi connectivity index (χ0n) is 12.7. The van der Waals surface area contributed by atoms with Gasteiger partial charge in [0, 0.05) is 41.7 Å². The number of nitrogens with zero attached hydrogens (tertiary/aromatic N) is 1. The van der Waals surface area contributed by atoms with Crippen LogP contribution < -0.4 is 5.73 Å². The summed E-state index contributed by atoms with van der Waals surface area (Å²) in [5, 5.41) is 1.22. The molecule has 3 N–H and O–H groups in total. The van der Waals surface area contributed by atoms with Crippen LogP contribution >= 0.6 is 0 Å². The van der Waals surface area contributed by atoms with Crippen LogP contribution in [0.5, 0.6) is 0 Å². The number of rotatable bonds is 3. The van der Waals surface area contributed by atoms with E-state index >= 15 is 0 Å². The van der Waals surface area contributed by atoms with E-state index in [0.29, 0.717) is 12.5 Å². The molecule has 0 saturated heterocycles. The molecule has 0 radical (unpaired) electrons. The summed E-state index contributed by atoms with van der Waals surface area (Å²) in [4.78, 5) is 17.9. The summed E-state index contributed by atoms with van der Waals surface area (Å²) in [6.45, 7) is 5.62. The van der Waals surface area contributed by atoms with Crippen LogP contribution in [-0.2, 0) is 17.8 Å². The van der Waals surface area contributed by atoms with Gasteiger partial charge in [0.15, 0.2) is 0 Å². The number of aromatic nitrogens is 1. The van der Waals surface area contributed by atoms with Gasteiger partial charge in [-0.3, -0.25) is 4.79 Å². The van der Waals surface area contributed by atoms with Gasteiger partial charge in [0.05, 0.1) is 6.04 Å². The Morgan fingerprint density at radius 1 is 1.38 bits per heavy atom. The molecule has 1 unspecified atom stereocenters. The molecule has 21 heavy (non-hydrogen) atoms. The molecule has 2 heterocycles. The number of carbonyl (C=O) groups is 1. The van der Waals surface area contributed by atoms with Gasteiger partial charge in [-0.25, -0.2) is 0 Å². The van der Waals surface area contributed by atoms with Crippen molar-refractivity contribution in [3.05, 3.63) is 35.5 Å². The fourth-order valence-electron chi connectivity index (χ4n) is 3.20. The standard InChI is InChI=1S/C17H23N3O/c1-11(2)9-14(18)17(21)20-8-7-16-13(10-20)12-5-3-4-6-15(12)19-16/h3-6,11,14,19H,7-10,18H2,1-2H3. The van der Waals surface area contributed by atoms with Crippen LogP contribution in [0.4, 0.5) is 0 Å². The summed E-state index contributed by atoms with van der Waals surface area (Å²) >= 11 is 0. The lowest BCUT2D eigenvalue weighted by molar-refractivity contribution is -0.133. The fraction of sp³-hybridized carbons (Fsp3) is 0.471. The van der Waals surface area contributed by atoms with E-state index in [0.717, 1.165) is 24.9 Å². The minimum atomic E-state index is -0.378. The molecule has 3 rings (SSSR count). The molecule has 1 aliphatic rings. The smallest absolute Gasteiger partial charge is 0.239 e.